The van der Waals surface area contributed by atoms with Gasteiger partial charge < -0.3 is 9.73 Å². The smallest absolute Gasteiger partial charge is 0.260 e. The number of carbonyl (C=O) groups is 1. The minimum atomic E-state index is -0.280. The third-order valence-corrected chi connectivity index (χ3v) is 3.17. The summed E-state index contributed by atoms with van der Waals surface area (Å²) in [5.74, 6) is -0.280. The van der Waals surface area contributed by atoms with Crippen molar-refractivity contribution in [1.29, 1.82) is 0 Å². The molecule has 1 amide bonds. The monoisotopic (exact) mass is 313 g/mol. The number of rotatable bonds is 3. The molecule has 0 unspecified atom stereocenters. The van der Waals surface area contributed by atoms with Gasteiger partial charge in [0.1, 0.15) is 0 Å². The number of para-hydroxylation sites is 1. The number of amides is 1. The van der Waals surface area contributed by atoms with Crippen LogP contribution in [0.1, 0.15) is 15.9 Å². The van der Waals surface area contributed by atoms with Crippen molar-refractivity contribution < 1.29 is 9.21 Å². The Bertz CT molecular complexity index is 539. The van der Waals surface area contributed by atoms with Gasteiger partial charge in [-0.3, -0.25) is 4.79 Å². The zero-order valence-corrected chi connectivity index (χ0v) is 11.1. The lowest BCUT2D eigenvalue weighted by molar-refractivity contribution is 0.102. The number of hydrogen-bond acceptors (Lipinski definition) is 2. The Morgan fingerprint density at radius 3 is 2.76 bits per heavy atom. The van der Waals surface area contributed by atoms with Gasteiger partial charge in [-0.05, 0) is 29.3 Å². The summed E-state index contributed by atoms with van der Waals surface area (Å²) < 4.78 is 4.88. The van der Waals surface area contributed by atoms with E-state index in [0.717, 1.165) is 11.3 Å². The number of alkyl halides is 1. The van der Waals surface area contributed by atoms with Gasteiger partial charge in [0, 0.05) is 11.0 Å². The third kappa shape index (κ3) is 2.70. The average molecular weight is 315 g/mol. The van der Waals surface area contributed by atoms with Gasteiger partial charge in [-0.25, -0.2) is 0 Å². The summed E-state index contributed by atoms with van der Waals surface area (Å²) in [6, 6.07) is 9.08. The molecule has 0 atom stereocenters. The SMILES string of the molecule is O=C(Nc1ccccc1CBr)c1ccoc1Cl. The highest BCUT2D eigenvalue weighted by atomic mass is 79.9. The number of furan rings is 1. The molecule has 88 valence electrons. The van der Waals surface area contributed by atoms with Crippen LogP contribution in [-0.2, 0) is 5.33 Å². The van der Waals surface area contributed by atoms with Crippen molar-refractivity contribution in [2.75, 3.05) is 5.32 Å². The van der Waals surface area contributed by atoms with Crippen LogP contribution in [0.4, 0.5) is 5.69 Å². The van der Waals surface area contributed by atoms with Crippen molar-refractivity contribution >= 4 is 39.1 Å². The lowest BCUT2D eigenvalue weighted by Crippen LogP contribution is -2.12. The summed E-state index contributed by atoms with van der Waals surface area (Å²) >= 11 is 9.10. The Balaban J connectivity index is 2.22. The van der Waals surface area contributed by atoms with Crippen molar-refractivity contribution in [3.63, 3.8) is 0 Å². The topological polar surface area (TPSA) is 42.2 Å². The first-order valence-corrected chi connectivity index (χ1v) is 6.40. The number of benzene rings is 1. The second-order valence-electron chi connectivity index (χ2n) is 3.35. The largest absolute Gasteiger partial charge is 0.452 e. The molecule has 0 aliphatic rings. The van der Waals surface area contributed by atoms with Crippen LogP contribution in [0.15, 0.2) is 41.0 Å². The molecule has 0 aliphatic heterocycles. The molecule has 0 fully saturated rings. The van der Waals surface area contributed by atoms with Crippen LogP contribution in [0, 0.1) is 0 Å². The zero-order valence-electron chi connectivity index (χ0n) is 8.74. The second kappa shape index (κ2) is 5.38. The molecule has 2 rings (SSSR count). The normalized spacial score (nSPS) is 10.2. The van der Waals surface area contributed by atoms with Crippen molar-refractivity contribution in [2.45, 2.75) is 5.33 Å². The third-order valence-electron chi connectivity index (χ3n) is 2.27. The Kier molecular flexibility index (Phi) is 3.86. The van der Waals surface area contributed by atoms with Crippen LogP contribution in [0.25, 0.3) is 0 Å². The van der Waals surface area contributed by atoms with E-state index in [-0.39, 0.29) is 11.1 Å². The molecule has 1 aromatic heterocycles. The van der Waals surface area contributed by atoms with Crippen LogP contribution in [-0.4, -0.2) is 5.91 Å². The molecule has 2 aromatic rings. The fraction of sp³-hybridized carbons (Fsp3) is 0.0833. The van der Waals surface area contributed by atoms with Gasteiger partial charge in [0.05, 0.1) is 11.8 Å². The van der Waals surface area contributed by atoms with Crippen molar-refractivity contribution in [2.24, 2.45) is 0 Å². The summed E-state index contributed by atoms with van der Waals surface area (Å²) in [6.07, 6.45) is 1.38. The molecule has 0 aliphatic carbocycles. The van der Waals surface area contributed by atoms with Crippen LogP contribution in [0.5, 0.6) is 0 Å². The molecule has 0 saturated carbocycles. The second-order valence-corrected chi connectivity index (χ2v) is 4.26. The summed E-state index contributed by atoms with van der Waals surface area (Å²) in [5, 5.41) is 3.56. The maximum atomic E-state index is 11.9. The standard InChI is InChI=1S/C12H9BrClNO2/c13-7-8-3-1-2-4-10(8)15-12(16)9-5-6-17-11(9)14/h1-6H,7H2,(H,15,16). The molecule has 1 N–H and O–H groups in total. The molecule has 5 heteroatoms. The maximum Gasteiger partial charge on any atom is 0.260 e. The first-order valence-electron chi connectivity index (χ1n) is 4.90. The van der Waals surface area contributed by atoms with E-state index in [9.17, 15) is 4.79 Å². The first-order chi connectivity index (χ1) is 8.22. The summed E-state index contributed by atoms with van der Waals surface area (Å²) in [7, 11) is 0. The Hall–Kier alpha value is -1.26. The molecule has 1 heterocycles. The minimum Gasteiger partial charge on any atom is -0.452 e. The van der Waals surface area contributed by atoms with E-state index in [1.165, 1.54) is 12.3 Å². The van der Waals surface area contributed by atoms with Crippen molar-refractivity contribution in [1.82, 2.24) is 0 Å². The summed E-state index contributed by atoms with van der Waals surface area (Å²) in [4.78, 5) is 11.9. The fourth-order valence-corrected chi connectivity index (χ4v) is 2.09. The highest BCUT2D eigenvalue weighted by Gasteiger charge is 2.14. The summed E-state index contributed by atoms with van der Waals surface area (Å²) in [5.41, 5.74) is 2.09. The lowest BCUT2D eigenvalue weighted by Gasteiger charge is -2.08. The Labute approximate surface area is 112 Å². The van der Waals surface area contributed by atoms with E-state index in [1.54, 1.807) is 0 Å². The predicted molar refractivity (Wildman–Crippen MR) is 70.7 cm³/mol. The molecule has 3 nitrogen and oxygen atoms in total. The van der Waals surface area contributed by atoms with E-state index in [1.807, 2.05) is 24.3 Å². The first kappa shape index (κ1) is 12.2. The average Bonchev–Trinajstić information content (AvgIpc) is 2.76. The molecule has 0 saturated heterocycles. The quantitative estimate of drug-likeness (QED) is 0.867. The number of carbonyl (C=O) groups excluding carboxylic acids is 1. The zero-order chi connectivity index (χ0) is 12.3. The number of hydrogen-bond donors (Lipinski definition) is 1. The maximum absolute atomic E-state index is 11.9. The Morgan fingerprint density at radius 1 is 1.35 bits per heavy atom. The van der Waals surface area contributed by atoms with E-state index < -0.39 is 0 Å². The van der Waals surface area contributed by atoms with E-state index >= 15 is 0 Å². The number of halogens is 2. The van der Waals surface area contributed by atoms with E-state index in [2.05, 4.69) is 21.2 Å². The van der Waals surface area contributed by atoms with Crippen molar-refractivity contribution in [3.05, 3.63) is 52.9 Å². The predicted octanol–water partition coefficient (Wildman–Crippen LogP) is 4.08. The molecule has 1 aromatic carbocycles. The fourth-order valence-electron chi connectivity index (χ4n) is 1.40. The highest BCUT2D eigenvalue weighted by Crippen LogP contribution is 2.21. The molecular weight excluding hydrogens is 305 g/mol. The van der Waals surface area contributed by atoms with Gasteiger partial charge in [0.25, 0.3) is 5.91 Å². The van der Waals surface area contributed by atoms with Gasteiger partial charge in [-0.1, -0.05) is 34.1 Å². The van der Waals surface area contributed by atoms with Gasteiger partial charge in [0.15, 0.2) is 0 Å². The van der Waals surface area contributed by atoms with Crippen LogP contribution in [0.2, 0.25) is 5.22 Å². The van der Waals surface area contributed by atoms with Gasteiger partial charge in [-0.15, -0.1) is 0 Å². The number of anilines is 1. The molecular formula is C12H9BrClNO2. The summed E-state index contributed by atoms with van der Waals surface area (Å²) in [6.45, 7) is 0. The molecule has 17 heavy (non-hydrogen) atoms. The van der Waals surface area contributed by atoms with Crippen LogP contribution < -0.4 is 5.32 Å². The number of nitrogens with one attached hydrogen (secondary N) is 1. The van der Waals surface area contributed by atoms with E-state index in [4.69, 9.17) is 16.0 Å². The molecule has 0 spiro atoms. The van der Waals surface area contributed by atoms with Gasteiger partial charge in [-0.2, -0.15) is 0 Å². The highest BCUT2D eigenvalue weighted by molar-refractivity contribution is 9.08. The lowest BCUT2D eigenvalue weighted by atomic mass is 10.2. The Morgan fingerprint density at radius 2 is 2.12 bits per heavy atom. The van der Waals surface area contributed by atoms with E-state index in [0.29, 0.717) is 10.9 Å². The molecule has 0 bridgehead atoms. The van der Waals surface area contributed by atoms with Gasteiger partial charge in [0.2, 0.25) is 5.22 Å². The molecule has 0 radical (unpaired) electrons. The van der Waals surface area contributed by atoms with Crippen LogP contribution in [0.3, 0.4) is 0 Å². The van der Waals surface area contributed by atoms with Crippen LogP contribution >= 0.6 is 27.5 Å². The van der Waals surface area contributed by atoms with Crippen molar-refractivity contribution in [3.8, 4) is 0 Å². The van der Waals surface area contributed by atoms with Gasteiger partial charge >= 0.3 is 0 Å². The minimum absolute atomic E-state index is 0.0961.